The van der Waals surface area contributed by atoms with Gasteiger partial charge in [0.05, 0.1) is 29.7 Å². The first kappa shape index (κ1) is 22.1. The van der Waals surface area contributed by atoms with Crippen molar-refractivity contribution < 1.29 is 22.7 Å². The van der Waals surface area contributed by atoms with Crippen LogP contribution >= 0.6 is 0 Å². The normalized spacial score (nSPS) is 19.8. The maximum atomic E-state index is 13.1. The monoisotopic (exact) mass is 457 g/mol. The third-order valence-corrected chi connectivity index (χ3v) is 7.92. The molecule has 2 aliphatic rings. The lowest BCUT2D eigenvalue weighted by atomic mass is 9.95. The number of amides is 2. The Hall–Kier alpha value is -3.07. The molecule has 2 aromatic rings. The molecule has 0 aliphatic carbocycles. The van der Waals surface area contributed by atoms with E-state index in [0.717, 1.165) is 15.7 Å². The van der Waals surface area contributed by atoms with Gasteiger partial charge in [-0.25, -0.2) is 12.7 Å². The summed E-state index contributed by atoms with van der Waals surface area (Å²) in [5.41, 5.74) is 0.567. The highest BCUT2D eigenvalue weighted by atomic mass is 32.2. The van der Waals surface area contributed by atoms with Crippen LogP contribution in [0.4, 0.5) is 11.4 Å². The highest BCUT2D eigenvalue weighted by molar-refractivity contribution is 7.94. The van der Waals surface area contributed by atoms with Crippen LogP contribution in [0.15, 0.2) is 48.5 Å². The number of hydrogen-bond acceptors (Lipinski definition) is 6. The number of hydrogen-bond donors (Lipinski definition) is 0. The Morgan fingerprint density at radius 1 is 1.00 bits per heavy atom. The number of nitrogens with zero attached hydrogens (tertiary/aromatic N) is 3. The van der Waals surface area contributed by atoms with Crippen LogP contribution in [0.3, 0.4) is 0 Å². The van der Waals surface area contributed by atoms with Crippen molar-refractivity contribution in [2.75, 3.05) is 48.2 Å². The average molecular weight is 458 g/mol. The third-order valence-electron chi connectivity index (χ3n) is 5.91. The summed E-state index contributed by atoms with van der Waals surface area (Å²) in [7, 11) is -2.13. The smallest absolute Gasteiger partial charge is 0.254 e. The van der Waals surface area contributed by atoms with E-state index in [1.165, 1.54) is 6.07 Å². The second kappa shape index (κ2) is 8.12. The molecule has 2 aromatic carbocycles. The van der Waals surface area contributed by atoms with Gasteiger partial charge < -0.3 is 14.5 Å². The number of benzene rings is 2. The largest absolute Gasteiger partial charge is 0.495 e. The zero-order valence-corrected chi connectivity index (χ0v) is 19.3. The predicted octanol–water partition coefficient (Wildman–Crippen LogP) is 2.36. The van der Waals surface area contributed by atoms with Gasteiger partial charge in [0.25, 0.3) is 5.91 Å². The molecule has 0 saturated carbocycles. The molecule has 0 spiro atoms. The Labute approximate surface area is 188 Å². The third kappa shape index (κ3) is 3.92. The Morgan fingerprint density at radius 2 is 1.69 bits per heavy atom. The molecule has 0 aromatic heterocycles. The molecule has 32 heavy (non-hydrogen) atoms. The first-order chi connectivity index (χ1) is 15.1. The molecular formula is C23H27N3O5S. The van der Waals surface area contributed by atoms with Crippen molar-refractivity contribution in [2.24, 2.45) is 5.41 Å². The Kier molecular flexibility index (Phi) is 5.62. The lowest BCUT2D eigenvalue weighted by Gasteiger charge is -2.36. The Morgan fingerprint density at radius 3 is 2.31 bits per heavy atom. The predicted molar refractivity (Wildman–Crippen MR) is 123 cm³/mol. The van der Waals surface area contributed by atoms with Gasteiger partial charge in [-0.1, -0.05) is 18.2 Å². The summed E-state index contributed by atoms with van der Waals surface area (Å²) < 4.78 is 31.5. The van der Waals surface area contributed by atoms with Crippen molar-refractivity contribution in [2.45, 2.75) is 13.8 Å². The fourth-order valence-electron chi connectivity index (χ4n) is 4.25. The molecule has 9 heteroatoms. The fraction of sp³-hybridized carbons (Fsp3) is 0.391. The molecule has 2 heterocycles. The zero-order chi connectivity index (χ0) is 23.1. The van der Waals surface area contributed by atoms with Crippen LogP contribution in [0.2, 0.25) is 0 Å². The molecule has 0 N–H and O–H groups in total. The summed E-state index contributed by atoms with van der Waals surface area (Å²) in [6.07, 6.45) is 0. The van der Waals surface area contributed by atoms with Crippen LogP contribution in [0.25, 0.3) is 0 Å². The van der Waals surface area contributed by atoms with Gasteiger partial charge in [0.2, 0.25) is 15.9 Å². The number of sulfonamides is 1. The van der Waals surface area contributed by atoms with Gasteiger partial charge in [0.1, 0.15) is 5.75 Å². The van der Waals surface area contributed by atoms with Gasteiger partial charge in [-0.2, -0.15) is 0 Å². The first-order valence-corrected chi connectivity index (χ1v) is 12.1. The maximum absolute atomic E-state index is 13.1. The first-order valence-electron chi connectivity index (χ1n) is 10.5. The average Bonchev–Trinajstić information content (AvgIpc) is 2.95. The lowest BCUT2D eigenvalue weighted by Crippen LogP contribution is -2.48. The van der Waals surface area contributed by atoms with E-state index in [2.05, 4.69) is 4.90 Å². The van der Waals surface area contributed by atoms with Crippen molar-refractivity contribution in [1.29, 1.82) is 0 Å². The van der Waals surface area contributed by atoms with Crippen LogP contribution in [0, 0.1) is 5.41 Å². The lowest BCUT2D eigenvalue weighted by molar-refractivity contribution is -0.123. The maximum Gasteiger partial charge on any atom is 0.254 e. The van der Waals surface area contributed by atoms with Crippen molar-refractivity contribution in [3.8, 4) is 5.75 Å². The molecule has 2 fully saturated rings. The van der Waals surface area contributed by atoms with E-state index < -0.39 is 21.3 Å². The number of carbonyl (C=O) groups excluding carboxylic acids is 2. The minimum absolute atomic E-state index is 0.185. The Bertz CT molecular complexity index is 1150. The quantitative estimate of drug-likeness (QED) is 0.701. The molecular weight excluding hydrogens is 430 g/mol. The molecule has 170 valence electrons. The molecule has 2 amide bonds. The molecule has 0 atom stereocenters. The van der Waals surface area contributed by atoms with Crippen LogP contribution in [0.1, 0.15) is 24.2 Å². The number of ether oxygens (including phenoxy) is 1. The fourth-order valence-corrected chi connectivity index (χ4v) is 6.35. The summed E-state index contributed by atoms with van der Waals surface area (Å²) >= 11 is 0. The molecule has 0 radical (unpaired) electrons. The topological polar surface area (TPSA) is 87.2 Å². The summed E-state index contributed by atoms with van der Waals surface area (Å²) in [6.45, 7) is 5.58. The van der Waals surface area contributed by atoms with Gasteiger partial charge in [0.15, 0.2) is 0 Å². The van der Waals surface area contributed by atoms with Crippen LogP contribution in [0.5, 0.6) is 5.75 Å². The summed E-state index contributed by atoms with van der Waals surface area (Å²) in [5.74, 6) is -0.121. The molecule has 8 nitrogen and oxygen atoms in total. The number of methoxy groups -OCH3 is 1. The van der Waals surface area contributed by atoms with Crippen LogP contribution in [-0.4, -0.2) is 64.2 Å². The van der Waals surface area contributed by atoms with Crippen molar-refractivity contribution >= 4 is 33.2 Å². The molecule has 2 aliphatic heterocycles. The number of para-hydroxylation sites is 2. The highest BCUT2D eigenvalue weighted by Gasteiger charge is 2.50. The van der Waals surface area contributed by atoms with Crippen LogP contribution < -0.4 is 13.9 Å². The minimum atomic E-state index is -3.77. The van der Waals surface area contributed by atoms with Gasteiger partial charge in [-0.3, -0.25) is 9.59 Å². The van der Waals surface area contributed by atoms with E-state index in [9.17, 15) is 18.0 Å². The van der Waals surface area contributed by atoms with E-state index in [4.69, 9.17) is 4.74 Å². The van der Waals surface area contributed by atoms with E-state index in [1.54, 1.807) is 44.1 Å². The highest BCUT2D eigenvalue weighted by Crippen LogP contribution is 2.36. The zero-order valence-electron chi connectivity index (χ0n) is 18.4. The summed E-state index contributed by atoms with van der Waals surface area (Å²) in [6, 6.07) is 14.1. The second-order valence-electron chi connectivity index (χ2n) is 8.71. The molecule has 2 saturated heterocycles. The number of piperazine rings is 1. The number of carbonyl (C=O) groups is 2. The van der Waals surface area contributed by atoms with Crippen molar-refractivity contribution in [3.05, 3.63) is 54.1 Å². The SMILES string of the molecule is COc1ccccc1N1CCN(C(=O)c2cccc(N3C(=O)C(C)(C)CS3(=O)=O)c2)CC1. The van der Waals surface area contributed by atoms with Crippen molar-refractivity contribution in [1.82, 2.24) is 4.90 Å². The van der Waals surface area contributed by atoms with Gasteiger partial charge in [0, 0.05) is 31.7 Å². The van der Waals surface area contributed by atoms with E-state index in [-0.39, 0.29) is 17.3 Å². The summed E-state index contributed by atoms with van der Waals surface area (Å²) in [4.78, 5) is 29.7. The van der Waals surface area contributed by atoms with Gasteiger partial charge in [-0.15, -0.1) is 0 Å². The van der Waals surface area contributed by atoms with E-state index >= 15 is 0 Å². The van der Waals surface area contributed by atoms with E-state index in [1.807, 2.05) is 24.3 Å². The summed E-state index contributed by atoms with van der Waals surface area (Å²) in [5, 5.41) is 0. The minimum Gasteiger partial charge on any atom is -0.495 e. The Balaban J connectivity index is 1.50. The molecule has 0 bridgehead atoms. The number of anilines is 2. The van der Waals surface area contributed by atoms with Crippen LogP contribution in [-0.2, 0) is 14.8 Å². The molecule has 4 rings (SSSR count). The van der Waals surface area contributed by atoms with E-state index in [0.29, 0.717) is 31.7 Å². The second-order valence-corrected chi connectivity index (χ2v) is 10.5. The van der Waals surface area contributed by atoms with Gasteiger partial charge in [-0.05, 0) is 44.2 Å². The van der Waals surface area contributed by atoms with Gasteiger partial charge >= 0.3 is 0 Å². The number of rotatable bonds is 4. The standard InChI is InChI=1S/C23H27N3O5S/c1-23(2)16-32(29,30)26(22(23)28)18-8-6-7-17(15-18)21(27)25-13-11-24(12-14-25)19-9-4-5-10-20(19)31-3/h4-10,15H,11-14,16H2,1-3H3. The molecule has 0 unspecified atom stereocenters. The van der Waals surface area contributed by atoms with Crippen molar-refractivity contribution in [3.63, 3.8) is 0 Å².